The quantitative estimate of drug-likeness (QED) is 0.301. The van der Waals surface area contributed by atoms with Crippen molar-refractivity contribution < 1.29 is 24.0 Å². The Labute approximate surface area is 166 Å². The Bertz CT molecular complexity index is 770. The van der Waals surface area contributed by atoms with E-state index >= 15 is 0 Å². The molecule has 1 aliphatic heterocycles. The number of hydrogen-bond acceptors (Lipinski definition) is 7. The number of carbonyl (C=O) groups excluding carboxylic acids is 3. The molecule has 2 rings (SSSR count). The Morgan fingerprint density at radius 1 is 1.36 bits per heavy atom. The lowest BCUT2D eigenvalue weighted by atomic mass is 10.00. The molecule has 1 heterocycles. The van der Waals surface area contributed by atoms with E-state index in [4.69, 9.17) is 10.5 Å². The van der Waals surface area contributed by atoms with Gasteiger partial charge in [-0.25, -0.2) is 0 Å². The Morgan fingerprint density at radius 2 is 2.11 bits per heavy atom. The molecular formula is C18H23N3O6S. The molecule has 0 aromatic heterocycles. The van der Waals surface area contributed by atoms with Crippen LogP contribution in [-0.4, -0.2) is 52.6 Å². The van der Waals surface area contributed by atoms with E-state index in [0.29, 0.717) is 6.54 Å². The number of nitro groups is 1. The highest BCUT2D eigenvalue weighted by Crippen LogP contribution is 2.30. The van der Waals surface area contributed by atoms with Crippen molar-refractivity contribution in [2.75, 3.05) is 18.9 Å². The highest BCUT2D eigenvalue weighted by molar-refractivity contribution is 8.00. The lowest BCUT2D eigenvalue weighted by molar-refractivity contribution is -0.387. The Kier molecular flexibility index (Phi) is 7.80. The number of carbonyl (C=O) groups is 3. The van der Waals surface area contributed by atoms with Crippen LogP contribution >= 0.6 is 11.8 Å². The molecule has 2 amide bonds. The normalized spacial score (nSPS) is 16.5. The fourth-order valence-electron chi connectivity index (χ4n) is 3.09. The van der Waals surface area contributed by atoms with Crippen LogP contribution in [0, 0.1) is 10.1 Å². The highest BCUT2D eigenvalue weighted by atomic mass is 32.2. The smallest absolute Gasteiger partial charge is 0.316 e. The van der Waals surface area contributed by atoms with Crippen LogP contribution in [0.4, 0.5) is 5.69 Å². The van der Waals surface area contributed by atoms with Crippen LogP contribution in [-0.2, 0) is 14.3 Å². The summed E-state index contributed by atoms with van der Waals surface area (Å²) in [7, 11) is 0. The molecule has 9 nitrogen and oxygen atoms in total. The molecule has 2 N–H and O–H groups in total. The fourth-order valence-corrected chi connectivity index (χ4v) is 3.89. The van der Waals surface area contributed by atoms with E-state index in [2.05, 4.69) is 0 Å². The molecule has 0 aliphatic carbocycles. The SMILES string of the molecule is CC[C@@H]1CCCCN1C(=O)COC(=O)CSc1ccc(C(N)=O)cc1[N+](=O)[O-]. The van der Waals surface area contributed by atoms with Gasteiger partial charge in [0.05, 0.1) is 15.6 Å². The number of amides is 2. The minimum atomic E-state index is -0.777. The minimum absolute atomic E-state index is 0.0104. The van der Waals surface area contributed by atoms with Gasteiger partial charge < -0.3 is 15.4 Å². The second-order valence-electron chi connectivity index (χ2n) is 6.40. The van der Waals surface area contributed by atoms with Gasteiger partial charge in [0.25, 0.3) is 11.6 Å². The van der Waals surface area contributed by atoms with Gasteiger partial charge in [0, 0.05) is 24.2 Å². The van der Waals surface area contributed by atoms with Gasteiger partial charge in [0.2, 0.25) is 5.91 Å². The van der Waals surface area contributed by atoms with Crippen LogP contribution in [0.1, 0.15) is 43.0 Å². The van der Waals surface area contributed by atoms with E-state index in [-0.39, 0.29) is 40.5 Å². The lowest BCUT2D eigenvalue weighted by Crippen LogP contribution is -2.45. The van der Waals surface area contributed by atoms with Gasteiger partial charge in [-0.1, -0.05) is 6.92 Å². The first-order valence-electron chi connectivity index (χ1n) is 8.99. The number of benzene rings is 1. The second-order valence-corrected chi connectivity index (χ2v) is 7.42. The summed E-state index contributed by atoms with van der Waals surface area (Å²) in [5, 5.41) is 11.2. The molecule has 0 spiro atoms. The fraction of sp³-hybridized carbons (Fsp3) is 0.500. The molecule has 1 atom stereocenters. The van der Waals surface area contributed by atoms with Crippen molar-refractivity contribution in [1.82, 2.24) is 4.90 Å². The number of thioether (sulfide) groups is 1. The van der Waals surface area contributed by atoms with Crippen molar-refractivity contribution in [2.45, 2.75) is 43.5 Å². The molecule has 1 aromatic carbocycles. The molecular weight excluding hydrogens is 386 g/mol. The van der Waals surface area contributed by atoms with Gasteiger partial charge in [-0.05, 0) is 37.8 Å². The Hall–Kier alpha value is -2.62. The third-order valence-corrected chi connectivity index (χ3v) is 5.60. The van der Waals surface area contributed by atoms with E-state index in [1.807, 2.05) is 6.92 Å². The van der Waals surface area contributed by atoms with E-state index in [1.165, 1.54) is 12.1 Å². The maximum Gasteiger partial charge on any atom is 0.316 e. The molecule has 1 fully saturated rings. The second kappa shape index (κ2) is 10.1. The van der Waals surface area contributed by atoms with E-state index in [0.717, 1.165) is 43.5 Å². The van der Waals surface area contributed by atoms with Crippen LogP contribution in [0.3, 0.4) is 0 Å². The molecule has 0 bridgehead atoms. The van der Waals surface area contributed by atoms with E-state index in [1.54, 1.807) is 4.90 Å². The number of nitro benzene ring substituents is 1. The number of hydrogen-bond donors (Lipinski definition) is 1. The number of nitrogens with two attached hydrogens (primary N) is 1. The third kappa shape index (κ3) is 5.69. The predicted molar refractivity (Wildman–Crippen MR) is 103 cm³/mol. The molecule has 152 valence electrons. The lowest BCUT2D eigenvalue weighted by Gasteiger charge is -2.35. The molecule has 10 heteroatoms. The molecule has 0 radical (unpaired) electrons. The van der Waals surface area contributed by atoms with Crippen LogP contribution in [0.2, 0.25) is 0 Å². The predicted octanol–water partition coefficient (Wildman–Crippen LogP) is 2.12. The summed E-state index contributed by atoms with van der Waals surface area (Å²) in [5.41, 5.74) is 4.82. The molecule has 1 aliphatic rings. The number of esters is 1. The largest absolute Gasteiger partial charge is 0.455 e. The van der Waals surface area contributed by atoms with Gasteiger partial charge in [-0.3, -0.25) is 24.5 Å². The molecule has 1 saturated heterocycles. The third-order valence-electron chi connectivity index (χ3n) is 4.56. The molecule has 1 aromatic rings. The zero-order valence-electron chi connectivity index (χ0n) is 15.6. The standard InChI is InChI=1S/C18H23N3O6S/c1-2-13-5-3-4-8-20(13)16(22)10-27-17(23)11-28-15-7-6-12(18(19)24)9-14(15)21(25)26/h6-7,9,13H,2-5,8,10-11H2,1H3,(H2,19,24)/t13-/m1/s1. The number of likely N-dealkylation sites (tertiary alicyclic amines) is 1. The van der Waals surface area contributed by atoms with Gasteiger partial charge in [0.1, 0.15) is 0 Å². The van der Waals surface area contributed by atoms with Crippen molar-refractivity contribution in [2.24, 2.45) is 5.73 Å². The van der Waals surface area contributed by atoms with Crippen LogP contribution in [0.25, 0.3) is 0 Å². The number of piperidine rings is 1. The average molecular weight is 409 g/mol. The zero-order chi connectivity index (χ0) is 20.7. The highest BCUT2D eigenvalue weighted by Gasteiger charge is 2.26. The zero-order valence-corrected chi connectivity index (χ0v) is 16.4. The van der Waals surface area contributed by atoms with Crippen molar-refractivity contribution in [3.05, 3.63) is 33.9 Å². The topological polar surface area (TPSA) is 133 Å². The molecule has 0 saturated carbocycles. The van der Waals surface area contributed by atoms with E-state index < -0.39 is 16.8 Å². The van der Waals surface area contributed by atoms with Crippen LogP contribution in [0.5, 0.6) is 0 Å². The summed E-state index contributed by atoms with van der Waals surface area (Å²) in [4.78, 5) is 47.9. The first-order valence-corrected chi connectivity index (χ1v) is 9.98. The first kappa shape index (κ1) is 21.7. The number of ether oxygens (including phenoxy) is 1. The van der Waals surface area contributed by atoms with Gasteiger partial charge in [-0.2, -0.15) is 0 Å². The maximum absolute atomic E-state index is 12.3. The summed E-state index contributed by atoms with van der Waals surface area (Å²) in [6, 6.07) is 3.97. The summed E-state index contributed by atoms with van der Waals surface area (Å²) >= 11 is 0.903. The van der Waals surface area contributed by atoms with E-state index in [9.17, 15) is 24.5 Å². The van der Waals surface area contributed by atoms with Gasteiger partial charge in [-0.15, -0.1) is 11.8 Å². The van der Waals surface area contributed by atoms with Crippen molar-refractivity contribution >= 4 is 35.2 Å². The molecule has 28 heavy (non-hydrogen) atoms. The maximum atomic E-state index is 12.3. The summed E-state index contributed by atoms with van der Waals surface area (Å²) < 4.78 is 5.04. The monoisotopic (exact) mass is 409 g/mol. The van der Waals surface area contributed by atoms with Crippen LogP contribution < -0.4 is 5.73 Å². The van der Waals surface area contributed by atoms with Crippen molar-refractivity contribution in [3.8, 4) is 0 Å². The number of primary amides is 1. The first-order chi connectivity index (χ1) is 13.3. The van der Waals surface area contributed by atoms with Crippen molar-refractivity contribution in [1.29, 1.82) is 0 Å². The average Bonchev–Trinajstić information content (AvgIpc) is 2.69. The van der Waals surface area contributed by atoms with Crippen molar-refractivity contribution in [3.63, 3.8) is 0 Å². The Morgan fingerprint density at radius 3 is 2.75 bits per heavy atom. The number of rotatable bonds is 8. The van der Waals surface area contributed by atoms with Crippen LogP contribution in [0.15, 0.2) is 23.1 Å². The summed E-state index contributed by atoms with van der Waals surface area (Å²) in [6.07, 6.45) is 3.85. The Balaban J connectivity index is 1.89. The number of nitrogens with zero attached hydrogens (tertiary/aromatic N) is 2. The molecule has 0 unspecified atom stereocenters. The summed E-state index contributed by atoms with van der Waals surface area (Å²) in [6.45, 7) is 2.36. The minimum Gasteiger partial charge on any atom is -0.455 e. The van der Waals surface area contributed by atoms with Gasteiger partial charge in [0.15, 0.2) is 6.61 Å². The van der Waals surface area contributed by atoms with Gasteiger partial charge >= 0.3 is 5.97 Å². The summed E-state index contributed by atoms with van der Waals surface area (Å²) in [5.74, 6) is -1.83.